The lowest BCUT2D eigenvalue weighted by Crippen LogP contribution is -2.22. The van der Waals surface area contributed by atoms with E-state index in [-0.39, 0.29) is 0 Å². The van der Waals surface area contributed by atoms with Crippen molar-refractivity contribution < 1.29 is 0 Å². The zero-order valence-electron chi connectivity index (χ0n) is 8.47. The summed E-state index contributed by atoms with van der Waals surface area (Å²) in [6.07, 6.45) is 14.8. The van der Waals surface area contributed by atoms with Crippen molar-refractivity contribution in [2.75, 3.05) is 6.54 Å². The molecule has 1 nitrogen and oxygen atoms in total. The number of rotatable bonds is 1. The van der Waals surface area contributed by atoms with Crippen LogP contribution in [0.1, 0.15) is 44.9 Å². The number of hydrogen-bond acceptors (Lipinski definition) is 1. The largest absolute Gasteiger partial charge is 0.391 e. The first-order valence-electron chi connectivity index (χ1n) is 5.87. The van der Waals surface area contributed by atoms with Crippen LogP contribution in [0.3, 0.4) is 0 Å². The summed E-state index contributed by atoms with van der Waals surface area (Å²) in [5, 5.41) is 3.29. The van der Waals surface area contributed by atoms with Gasteiger partial charge in [-0.3, -0.25) is 0 Å². The van der Waals surface area contributed by atoms with E-state index in [2.05, 4.69) is 17.6 Å². The van der Waals surface area contributed by atoms with Crippen LogP contribution in [0.15, 0.2) is 12.3 Å². The summed E-state index contributed by atoms with van der Waals surface area (Å²) in [6, 6.07) is 0. The molecule has 13 heavy (non-hydrogen) atoms. The fourth-order valence-corrected chi connectivity index (χ4v) is 2.75. The summed E-state index contributed by atoms with van der Waals surface area (Å²) < 4.78 is 0. The Labute approximate surface area is 81.6 Å². The van der Waals surface area contributed by atoms with Crippen molar-refractivity contribution >= 4 is 0 Å². The molecule has 0 spiro atoms. The van der Waals surface area contributed by atoms with Crippen molar-refractivity contribution in [3.8, 4) is 0 Å². The van der Waals surface area contributed by atoms with Gasteiger partial charge in [-0.1, -0.05) is 31.8 Å². The van der Waals surface area contributed by atoms with Crippen LogP contribution < -0.4 is 5.32 Å². The highest BCUT2D eigenvalue weighted by molar-refractivity contribution is 4.95. The molecule has 1 unspecified atom stereocenters. The van der Waals surface area contributed by atoms with Gasteiger partial charge in [0.1, 0.15) is 0 Å². The van der Waals surface area contributed by atoms with Crippen LogP contribution in [0, 0.1) is 11.8 Å². The Hall–Kier alpha value is -0.460. The number of nitrogens with one attached hydrogen (secondary N) is 1. The average molecular weight is 179 g/mol. The summed E-state index contributed by atoms with van der Waals surface area (Å²) in [7, 11) is 0. The Bertz CT molecular complexity index is 166. The smallest absolute Gasteiger partial charge is 0.0147 e. The third-order valence-corrected chi connectivity index (χ3v) is 3.59. The minimum absolute atomic E-state index is 0.888. The lowest BCUT2D eigenvalue weighted by Gasteiger charge is -2.26. The van der Waals surface area contributed by atoms with Crippen molar-refractivity contribution in [1.82, 2.24) is 5.32 Å². The molecule has 1 heteroatoms. The van der Waals surface area contributed by atoms with Gasteiger partial charge >= 0.3 is 0 Å². The molecule has 2 rings (SSSR count). The second kappa shape index (κ2) is 4.69. The summed E-state index contributed by atoms with van der Waals surface area (Å²) >= 11 is 0. The fraction of sp³-hybridized carbons (Fsp3) is 0.833. The van der Waals surface area contributed by atoms with E-state index in [9.17, 15) is 0 Å². The van der Waals surface area contributed by atoms with Crippen LogP contribution in [-0.4, -0.2) is 6.54 Å². The Kier molecular flexibility index (Phi) is 3.28. The molecule has 1 fully saturated rings. The molecule has 1 N–H and O–H groups in total. The van der Waals surface area contributed by atoms with E-state index in [0.717, 1.165) is 11.8 Å². The van der Waals surface area contributed by atoms with Crippen molar-refractivity contribution in [3.63, 3.8) is 0 Å². The number of allylic oxidation sites excluding steroid dienone is 1. The molecule has 0 aromatic carbocycles. The lowest BCUT2D eigenvalue weighted by molar-refractivity contribution is 0.325. The third-order valence-electron chi connectivity index (χ3n) is 3.59. The van der Waals surface area contributed by atoms with Crippen molar-refractivity contribution in [2.45, 2.75) is 44.9 Å². The highest BCUT2D eigenvalue weighted by atomic mass is 14.8. The zero-order valence-corrected chi connectivity index (χ0v) is 8.47. The topological polar surface area (TPSA) is 12.0 Å². The molecule has 0 aromatic heterocycles. The van der Waals surface area contributed by atoms with E-state index in [1.54, 1.807) is 0 Å². The second-order valence-electron chi connectivity index (χ2n) is 4.52. The van der Waals surface area contributed by atoms with Gasteiger partial charge in [0.05, 0.1) is 0 Å². The first-order chi connectivity index (χ1) is 6.47. The van der Waals surface area contributed by atoms with Gasteiger partial charge in [0.15, 0.2) is 0 Å². The molecular weight excluding hydrogens is 158 g/mol. The molecule has 1 aliphatic heterocycles. The summed E-state index contributed by atoms with van der Waals surface area (Å²) in [4.78, 5) is 0. The van der Waals surface area contributed by atoms with Crippen molar-refractivity contribution in [1.29, 1.82) is 0 Å². The highest BCUT2D eigenvalue weighted by Gasteiger charge is 2.21. The van der Waals surface area contributed by atoms with Crippen LogP contribution >= 0.6 is 0 Å². The van der Waals surface area contributed by atoms with E-state index in [4.69, 9.17) is 0 Å². The van der Waals surface area contributed by atoms with Crippen LogP contribution in [0.4, 0.5) is 0 Å². The van der Waals surface area contributed by atoms with Gasteiger partial charge in [0.2, 0.25) is 0 Å². The normalized spacial score (nSPS) is 30.9. The fourth-order valence-electron chi connectivity index (χ4n) is 2.75. The molecule has 0 amide bonds. The monoisotopic (exact) mass is 179 g/mol. The van der Waals surface area contributed by atoms with E-state index in [1.165, 1.54) is 51.5 Å². The van der Waals surface area contributed by atoms with Crippen LogP contribution in [-0.2, 0) is 0 Å². The minimum Gasteiger partial charge on any atom is -0.391 e. The summed E-state index contributed by atoms with van der Waals surface area (Å²) in [5.41, 5.74) is 0. The van der Waals surface area contributed by atoms with E-state index >= 15 is 0 Å². The maximum atomic E-state index is 3.29. The molecule has 1 heterocycles. The van der Waals surface area contributed by atoms with E-state index in [0.29, 0.717) is 0 Å². The molecular formula is C12H21N. The standard InChI is InChI=1S/C12H21N/c1-2-4-6-11(5-3-1)12-7-9-13-10-8-12/h7,9,11-13H,1-6,8,10H2. The zero-order chi connectivity index (χ0) is 8.93. The predicted octanol–water partition coefficient (Wildman–Crippen LogP) is 3.08. The van der Waals surface area contributed by atoms with Gasteiger partial charge in [-0.05, 0) is 37.3 Å². The van der Waals surface area contributed by atoms with Crippen LogP contribution in [0.2, 0.25) is 0 Å². The molecule has 74 valence electrons. The first-order valence-corrected chi connectivity index (χ1v) is 5.87. The van der Waals surface area contributed by atoms with Gasteiger partial charge in [0, 0.05) is 6.54 Å². The Morgan fingerprint density at radius 2 is 1.69 bits per heavy atom. The molecule has 0 saturated heterocycles. The quantitative estimate of drug-likeness (QED) is 0.610. The second-order valence-corrected chi connectivity index (χ2v) is 4.52. The SMILES string of the molecule is C1=CC(C2CCCCCC2)CCN1. The predicted molar refractivity (Wildman–Crippen MR) is 56.4 cm³/mol. The maximum Gasteiger partial charge on any atom is 0.0147 e. The van der Waals surface area contributed by atoms with Gasteiger partial charge < -0.3 is 5.32 Å². The molecule has 1 atom stereocenters. The van der Waals surface area contributed by atoms with Crippen LogP contribution in [0.5, 0.6) is 0 Å². The van der Waals surface area contributed by atoms with Gasteiger partial charge in [-0.15, -0.1) is 0 Å². The van der Waals surface area contributed by atoms with Gasteiger partial charge in [-0.2, -0.15) is 0 Å². The summed E-state index contributed by atoms with van der Waals surface area (Å²) in [5.74, 6) is 1.89. The molecule has 2 aliphatic rings. The van der Waals surface area contributed by atoms with E-state index in [1.807, 2.05) is 0 Å². The third kappa shape index (κ3) is 2.49. The highest BCUT2D eigenvalue weighted by Crippen LogP contribution is 2.32. The summed E-state index contributed by atoms with van der Waals surface area (Å²) in [6.45, 7) is 1.19. The maximum absolute atomic E-state index is 3.29. The van der Waals surface area contributed by atoms with Gasteiger partial charge in [0.25, 0.3) is 0 Å². The molecule has 1 saturated carbocycles. The molecule has 0 radical (unpaired) electrons. The molecule has 0 aromatic rings. The molecule has 0 bridgehead atoms. The Morgan fingerprint density at radius 1 is 0.923 bits per heavy atom. The first kappa shape index (κ1) is 9.11. The minimum atomic E-state index is 0.888. The van der Waals surface area contributed by atoms with E-state index < -0.39 is 0 Å². The van der Waals surface area contributed by atoms with Crippen molar-refractivity contribution in [2.24, 2.45) is 11.8 Å². The van der Waals surface area contributed by atoms with Gasteiger partial charge in [-0.25, -0.2) is 0 Å². The van der Waals surface area contributed by atoms with Crippen LogP contribution in [0.25, 0.3) is 0 Å². The Balaban J connectivity index is 1.89. The molecule has 1 aliphatic carbocycles. The lowest BCUT2D eigenvalue weighted by atomic mass is 9.83. The average Bonchev–Trinajstić information content (AvgIpc) is 2.47. The number of hydrogen-bond donors (Lipinski definition) is 1. The Morgan fingerprint density at radius 3 is 2.31 bits per heavy atom. The van der Waals surface area contributed by atoms with Crippen molar-refractivity contribution in [3.05, 3.63) is 12.3 Å².